The molecule has 3 N–H and O–H groups in total. The molecule has 0 radical (unpaired) electrons. The third-order valence-electron chi connectivity index (χ3n) is 16.8. The average Bonchev–Trinajstić information content (AvgIpc) is 1.67. The van der Waals surface area contributed by atoms with Gasteiger partial charge in [0.2, 0.25) is 0 Å². The van der Waals surface area contributed by atoms with Crippen molar-refractivity contribution < 1.29 is 96.1 Å². The molecule has 4 aliphatic rings. The van der Waals surface area contributed by atoms with Crippen LogP contribution in [0.1, 0.15) is 92.7 Å². The standard InChI is InChI=1S/C72H83NO20/c1-81-59(76)38-24-4-2-3-5-25-39-82-70-65(92-68(79)52-34-20-10-21-35-52)62(84-44-49-28-14-7-15-29-49)57(89-70)46-87-72-66(93-69(80)53-36-22-11-23-37-53)63(85-45-50-30-16-8-17-31-50)58(90-72)47-86-71-64(91-67(78)51-32-18-9-19-33-51)61(83-43-48-26-12-6-13-27-48)56(88-71)41-73-40-55(75)60(77)54(73)42-74/h6-23,26-37,54-58,60-66,70-72,74-75,77H,2-5,24-25,38-47H2,1H3/t54-,55-,56-,57-,58-,60-,61-,62-,63-,64+,65+,66+,70+,71+,72+/m1/s1. The monoisotopic (exact) mass is 1280 g/mol. The molecule has 4 heterocycles. The number of carbonyl (C=O) groups excluding carboxylic acids is 4. The highest BCUT2D eigenvalue weighted by Gasteiger charge is 2.55. The second-order valence-electron chi connectivity index (χ2n) is 23.4. The van der Waals surface area contributed by atoms with E-state index in [4.69, 9.17) is 61.6 Å². The Hall–Kier alpha value is -7.32. The third-order valence-corrected chi connectivity index (χ3v) is 16.8. The van der Waals surface area contributed by atoms with Gasteiger partial charge in [0.25, 0.3) is 0 Å². The number of benzene rings is 6. The molecular weight excluding hydrogens is 1200 g/mol. The summed E-state index contributed by atoms with van der Waals surface area (Å²) < 4.78 is 84.3. The minimum Gasteiger partial charge on any atom is -0.469 e. The molecule has 0 aliphatic carbocycles. The predicted octanol–water partition coefficient (Wildman–Crippen LogP) is 7.95. The number of nitrogens with zero attached hydrogens (tertiary/aromatic N) is 1. The van der Waals surface area contributed by atoms with Crippen LogP contribution in [0.2, 0.25) is 0 Å². The predicted molar refractivity (Wildman–Crippen MR) is 335 cm³/mol. The number of rotatable bonds is 34. The van der Waals surface area contributed by atoms with Crippen molar-refractivity contribution in [2.75, 3.05) is 46.6 Å². The first-order valence-electron chi connectivity index (χ1n) is 31.9. The molecule has 0 bridgehead atoms. The maximum Gasteiger partial charge on any atom is 0.338 e. The molecule has 6 aromatic rings. The number of ether oxygens (including phenoxy) is 13. The number of aliphatic hydroxyl groups excluding tert-OH is 3. The summed E-state index contributed by atoms with van der Waals surface area (Å²) in [5, 5.41) is 32.2. The highest BCUT2D eigenvalue weighted by atomic mass is 16.8. The van der Waals surface area contributed by atoms with Gasteiger partial charge in [0.1, 0.15) is 36.6 Å². The number of unbranched alkanes of at least 4 members (excludes halogenated alkanes) is 5. The van der Waals surface area contributed by atoms with Gasteiger partial charge in [-0.05, 0) is 65.9 Å². The van der Waals surface area contributed by atoms with Crippen molar-refractivity contribution in [2.45, 2.75) is 157 Å². The summed E-state index contributed by atoms with van der Waals surface area (Å²) in [5.74, 6) is -2.25. The number of carbonyl (C=O) groups is 4. The molecule has 4 saturated heterocycles. The number of β-amino-alcohol motifs (C(OH)–C–C–N with tert-alkyl or cyclic N) is 1. The summed E-state index contributed by atoms with van der Waals surface area (Å²) in [6.45, 7) is -0.658. The van der Waals surface area contributed by atoms with Crippen molar-refractivity contribution in [3.8, 4) is 0 Å². The molecule has 4 fully saturated rings. The first-order valence-corrected chi connectivity index (χ1v) is 31.9. The van der Waals surface area contributed by atoms with E-state index >= 15 is 0 Å². The van der Waals surface area contributed by atoms with E-state index in [1.165, 1.54) is 7.11 Å². The minimum atomic E-state index is -1.39. The molecule has 10 rings (SSSR count). The van der Waals surface area contributed by atoms with Gasteiger partial charge in [0.05, 0.1) is 81.7 Å². The van der Waals surface area contributed by atoms with Crippen LogP contribution in [0.4, 0.5) is 0 Å². The summed E-state index contributed by atoms with van der Waals surface area (Å²) >= 11 is 0. The number of hydrogen-bond acceptors (Lipinski definition) is 21. The van der Waals surface area contributed by atoms with Crippen LogP contribution in [-0.4, -0.2) is 183 Å². The van der Waals surface area contributed by atoms with E-state index in [2.05, 4.69) is 0 Å². The highest BCUT2D eigenvalue weighted by Crippen LogP contribution is 2.37. The zero-order chi connectivity index (χ0) is 64.7. The summed E-state index contributed by atoms with van der Waals surface area (Å²) in [6.07, 6.45) is -10.8. The van der Waals surface area contributed by atoms with E-state index in [1.807, 2.05) is 91.0 Å². The van der Waals surface area contributed by atoms with Crippen molar-refractivity contribution in [2.24, 2.45) is 0 Å². The molecular formula is C72H83NO20. The molecule has 0 spiro atoms. The van der Waals surface area contributed by atoms with Crippen molar-refractivity contribution >= 4 is 23.9 Å². The fourth-order valence-corrected chi connectivity index (χ4v) is 11.9. The summed E-state index contributed by atoms with van der Waals surface area (Å²) in [4.78, 5) is 55.9. The second kappa shape index (κ2) is 35.3. The number of likely N-dealkylation sites (tertiary alicyclic amines) is 1. The van der Waals surface area contributed by atoms with Gasteiger partial charge in [-0.15, -0.1) is 0 Å². The summed E-state index contributed by atoms with van der Waals surface area (Å²) in [5.41, 5.74) is 3.23. The lowest BCUT2D eigenvalue weighted by molar-refractivity contribution is -0.219. The van der Waals surface area contributed by atoms with E-state index in [-0.39, 0.29) is 69.8 Å². The molecule has 21 heteroatoms. The van der Waals surface area contributed by atoms with E-state index in [0.29, 0.717) is 18.4 Å². The zero-order valence-corrected chi connectivity index (χ0v) is 52.0. The Balaban J connectivity index is 0.940. The van der Waals surface area contributed by atoms with Gasteiger partial charge in [-0.1, -0.05) is 171 Å². The lowest BCUT2D eigenvalue weighted by Crippen LogP contribution is -2.47. The molecule has 0 amide bonds. The highest BCUT2D eigenvalue weighted by molar-refractivity contribution is 5.90. The molecule has 4 aliphatic heterocycles. The van der Waals surface area contributed by atoms with Gasteiger partial charge < -0.3 is 76.9 Å². The second-order valence-corrected chi connectivity index (χ2v) is 23.4. The Labute approximate surface area is 541 Å². The van der Waals surface area contributed by atoms with Gasteiger partial charge in [-0.25, -0.2) is 14.4 Å². The molecule has 93 heavy (non-hydrogen) atoms. The fraction of sp³-hybridized carbons (Fsp3) is 0.444. The van der Waals surface area contributed by atoms with Crippen molar-refractivity contribution in [3.63, 3.8) is 0 Å². The van der Waals surface area contributed by atoms with Crippen LogP contribution in [0.25, 0.3) is 0 Å². The Morgan fingerprint density at radius 3 is 1.19 bits per heavy atom. The Morgan fingerprint density at radius 1 is 0.441 bits per heavy atom. The Morgan fingerprint density at radius 2 is 0.796 bits per heavy atom. The van der Waals surface area contributed by atoms with Crippen molar-refractivity contribution in [3.05, 3.63) is 215 Å². The fourth-order valence-electron chi connectivity index (χ4n) is 11.9. The normalized spacial score (nSPS) is 26.8. The van der Waals surface area contributed by atoms with Crippen LogP contribution in [0.5, 0.6) is 0 Å². The minimum absolute atomic E-state index is 0.000182. The van der Waals surface area contributed by atoms with E-state index in [1.54, 1.807) is 95.9 Å². The molecule has 0 saturated carbocycles. The number of esters is 4. The molecule has 15 atom stereocenters. The van der Waals surface area contributed by atoms with E-state index in [0.717, 1.165) is 48.8 Å². The Bertz CT molecular complexity index is 3190. The third kappa shape index (κ3) is 19.2. The summed E-state index contributed by atoms with van der Waals surface area (Å²) in [6, 6.07) is 52.8. The lowest BCUT2D eigenvalue weighted by atomic mass is 10.1. The lowest BCUT2D eigenvalue weighted by Gasteiger charge is -2.29. The number of hydrogen-bond donors (Lipinski definition) is 3. The number of methoxy groups -OCH3 is 1. The van der Waals surface area contributed by atoms with Gasteiger partial charge in [-0.3, -0.25) is 9.69 Å². The quantitative estimate of drug-likeness (QED) is 0.0197. The molecule has 21 nitrogen and oxygen atoms in total. The summed E-state index contributed by atoms with van der Waals surface area (Å²) in [7, 11) is 1.39. The zero-order valence-electron chi connectivity index (χ0n) is 52.0. The van der Waals surface area contributed by atoms with Gasteiger partial charge in [-0.2, -0.15) is 0 Å². The van der Waals surface area contributed by atoms with E-state index in [9.17, 15) is 34.5 Å². The van der Waals surface area contributed by atoms with Crippen LogP contribution < -0.4 is 0 Å². The SMILES string of the molecule is COC(=O)CCCCCCCCO[C@H]1O[C@H](CO[C@H]2O[C@H](CO[C@H]3O[C@H](CN4C[C@@H](O)[C@H](O)[C@H]4CO)[C@@H](OCc4ccccc4)[C@@H]3OC(=O)c3ccccc3)[C@@H](OCc3ccccc3)[C@@H]2OC(=O)c2ccccc2)[C@@H](OCc2ccccc2)[C@@H]1OC(=O)c1ccccc1. The van der Waals surface area contributed by atoms with Gasteiger partial charge in [0.15, 0.2) is 37.2 Å². The maximum atomic E-state index is 14.4. The van der Waals surface area contributed by atoms with Crippen LogP contribution >= 0.6 is 0 Å². The van der Waals surface area contributed by atoms with Gasteiger partial charge >= 0.3 is 23.9 Å². The van der Waals surface area contributed by atoms with Gasteiger partial charge in [0, 0.05) is 26.1 Å². The molecule has 0 aromatic heterocycles. The number of aliphatic hydroxyl groups is 3. The molecule has 6 aromatic carbocycles. The first kappa shape index (κ1) is 68.5. The van der Waals surface area contributed by atoms with Crippen LogP contribution in [0.15, 0.2) is 182 Å². The van der Waals surface area contributed by atoms with E-state index < -0.39 is 117 Å². The smallest absolute Gasteiger partial charge is 0.338 e. The largest absolute Gasteiger partial charge is 0.469 e. The Kier molecular flexibility index (Phi) is 26.0. The average molecular weight is 1280 g/mol. The first-order chi connectivity index (χ1) is 45.5. The van der Waals surface area contributed by atoms with Crippen molar-refractivity contribution in [1.29, 1.82) is 0 Å². The molecule has 0 unspecified atom stereocenters. The van der Waals surface area contributed by atoms with Crippen LogP contribution in [0.3, 0.4) is 0 Å². The topological polar surface area (TPSA) is 252 Å². The van der Waals surface area contributed by atoms with Crippen LogP contribution in [0, 0.1) is 0 Å². The van der Waals surface area contributed by atoms with Crippen molar-refractivity contribution in [1.82, 2.24) is 4.90 Å². The van der Waals surface area contributed by atoms with Crippen LogP contribution in [-0.2, 0) is 86.2 Å². The maximum absolute atomic E-state index is 14.4. The molecule has 496 valence electrons.